The van der Waals surface area contributed by atoms with Crippen LogP contribution < -0.4 is 9.80 Å². The van der Waals surface area contributed by atoms with Gasteiger partial charge in [0.25, 0.3) is 0 Å². The third-order valence-electron chi connectivity index (χ3n) is 4.00. The van der Waals surface area contributed by atoms with Crippen LogP contribution in [-0.2, 0) is 11.3 Å². The predicted octanol–water partition coefficient (Wildman–Crippen LogP) is 4.56. The lowest BCUT2D eigenvalue weighted by Crippen LogP contribution is -1.93. The number of aryl methyl sites for hydroxylation is 1. The first-order valence-electron chi connectivity index (χ1n) is 6.98. The maximum absolute atomic E-state index is 6.00. The summed E-state index contributed by atoms with van der Waals surface area (Å²) in [6.07, 6.45) is 3.67. The number of anilines is 2. The number of nitrogens with zero attached hydrogens (tertiary/aromatic N) is 3. The summed E-state index contributed by atoms with van der Waals surface area (Å²) in [7, 11) is 3.68. The molecule has 7 heteroatoms. The first-order chi connectivity index (χ1) is 11.1. The first kappa shape index (κ1) is 14.7. The number of pyridine rings is 1. The molecule has 1 aromatic carbocycles. The number of halogens is 1. The molecule has 0 N–H and O–H groups in total. The van der Waals surface area contributed by atoms with Gasteiger partial charge in [-0.2, -0.15) is 4.28 Å². The average molecular weight is 348 g/mol. The second-order valence-corrected chi connectivity index (χ2v) is 6.10. The van der Waals surface area contributed by atoms with Crippen LogP contribution in [0.5, 0.6) is 5.75 Å². The third-order valence-corrected chi connectivity index (χ3v) is 4.51. The largest absolute Gasteiger partial charge is 0.496 e. The molecule has 0 atom stereocenters. The second kappa shape index (κ2) is 5.33. The summed E-state index contributed by atoms with van der Waals surface area (Å²) in [4.78, 5) is 4.16. The van der Waals surface area contributed by atoms with Gasteiger partial charge < -0.3 is 9.30 Å². The minimum absolute atomic E-state index is 0.488. The highest BCUT2D eigenvalue weighted by atomic mass is 35.5. The molecule has 3 heterocycles. The predicted molar refractivity (Wildman–Crippen MR) is 94.5 cm³/mol. The lowest BCUT2D eigenvalue weighted by molar-refractivity contribution is 0.412. The Hall–Kier alpha value is -1.89. The van der Waals surface area contributed by atoms with Crippen LogP contribution in [0.2, 0.25) is 5.15 Å². The number of hydrogen-bond donors (Lipinski definition) is 0. The van der Waals surface area contributed by atoms with Crippen molar-refractivity contribution in [3.8, 4) is 17.0 Å². The highest BCUT2D eigenvalue weighted by molar-refractivity contribution is 7.94. The van der Waals surface area contributed by atoms with Gasteiger partial charge in [-0.25, -0.2) is 10.0 Å². The Labute approximate surface area is 142 Å². The number of fused-ring (bicyclic) bond motifs is 2. The second-order valence-electron chi connectivity index (χ2n) is 5.23. The Morgan fingerprint density at radius 3 is 2.70 bits per heavy atom. The Kier molecular flexibility index (Phi) is 3.41. The highest BCUT2D eigenvalue weighted by Gasteiger charge is 2.34. The van der Waals surface area contributed by atoms with E-state index in [0.717, 1.165) is 39.3 Å². The van der Waals surface area contributed by atoms with Crippen LogP contribution in [-0.4, -0.2) is 22.9 Å². The van der Waals surface area contributed by atoms with E-state index in [2.05, 4.69) is 21.7 Å². The van der Waals surface area contributed by atoms with Crippen LogP contribution in [0.4, 0.5) is 11.4 Å². The normalized spacial score (nSPS) is 12.6. The van der Waals surface area contributed by atoms with E-state index in [1.807, 2.05) is 25.4 Å². The van der Waals surface area contributed by atoms with Gasteiger partial charge in [0.2, 0.25) is 0 Å². The van der Waals surface area contributed by atoms with Crippen LogP contribution in [0, 0.1) is 0 Å². The smallest absolute Gasteiger partial charge is 0.130 e. The van der Waals surface area contributed by atoms with Gasteiger partial charge in [-0.1, -0.05) is 11.6 Å². The van der Waals surface area contributed by atoms with E-state index in [0.29, 0.717) is 5.15 Å². The van der Waals surface area contributed by atoms with Gasteiger partial charge in [0.15, 0.2) is 0 Å². The van der Waals surface area contributed by atoms with Gasteiger partial charge in [0.1, 0.15) is 16.6 Å². The summed E-state index contributed by atoms with van der Waals surface area (Å²) in [5, 5.41) is 3.32. The fourth-order valence-corrected chi connectivity index (χ4v) is 3.31. The maximum Gasteiger partial charge on any atom is 0.130 e. The molecule has 0 fully saturated rings. The number of hydrogen-bond acceptors (Lipinski definition) is 5. The zero-order valence-corrected chi connectivity index (χ0v) is 14.4. The highest BCUT2D eigenvalue weighted by Crippen LogP contribution is 2.54. The van der Waals surface area contributed by atoms with Crippen molar-refractivity contribution in [1.29, 1.82) is 0 Å². The molecule has 118 valence electrons. The van der Waals surface area contributed by atoms with E-state index in [1.165, 1.54) is 12.0 Å². The molecule has 0 unspecified atom stereocenters. The topological polar surface area (TPSA) is 39.3 Å². The third kappa shape index (κ3) is 2.25. The van der Waals surface area contributed by atoms with E-state index in [4.69, 9.17) is 20.6 Å². The number of aromatic nitrogens is 2. The Balaban J connectivity index is 1.87. The summed E-state index contributed by atoms with van der Waals surface area (Å²) in [5.74, 6) is 0.806. The number of rotatable bonds is 4. The molecule has 1 aliphatic rings. The molecular weight excluding hydrogens is 334 g/mol. The monoisotopic (exact) mass is 347 g/mol. The standard InChI is InChI=1S/C16H14ClN3O2S/c1-19-11(4-9-5-16(17)18-8-14(9)19)10-6-12-13(7-15(10)21-2)20(12)22-23-3/h4-8H,1-3H3. The Morgan fingerprint density at radius 2 is 1.96 bits per heavy atom. The molecule has 3 aromatic rings. The lowest BCUT2D eigenvalue weighted by atomic mass is 10.1. The van der Waals surface area contributed by atoms with Crippen molar-refractivity contribution in [1.82, 2.24) is 9.55 Å². The SMILES string of the molecule is COc1cc2c(cc1-c1cc3cc(Cl)ncc3n1C)N2OSC. The quantitative estimate of drug-likeness (QED) is 0.393. The van der Waals surface area contributed by atoms with Crippen LogP contribution >= 0.6 is 23.6 Å². The lowest BCUT2D eigenvalue weighted by Gasteiger charge is -2.08. The fraction of sp³-hybridized carbons (Fsp3) is 0.188. The van der Waals surface area contributed by atoms with Crippen LogP contribution in [0.15, 0.2) is 30.5 Å². The Morgan fingerprint density at radius 1 is 1.17 bits per heavy atom. The molecule has 1 aliphatic heterocycles. The molecule has 0 aliphatic carbocycles. The van der Waals surface area contributed by atoms with Crippen LogP contribution in [0.1, 0.15) is 0 Å². The number of methoxy groups -OCH3 is 1. The van der Waals surface area contributed by atoms with Crippen molar-refractivity contribution in [2.75, 3.05) is 18.4 Å². The van der Waals surface area contributed by atoms with E-state index < -0.39 is 0 Å². The zero-order chi connectivity index (χ0) is 16.1. The fourth-order valence-electron chi connectivity index (χ4n) is 2.84. The summed E-state index contributed by atoms with van der Waals surface area (Å²) in [5.41, 5.74) is 5.15. The van der Waals surface area contributed by atoms with Crippen molar-refractivity contribution < 1.29 is 9.02 Å². The molecular formula is C16H14ClN3O2S. The minimum atomic E-state index is 0.488. The molecule has 5 nitrogen and oxygen atoms in total. The number of benzene rings is 1. The van der Waals surface area contributed by atoms with Crippen molar-refractivity contribution >= 4 is 45.9 Å². The number of ether oxygens (including phenoxy) is 1. The Bertz CT molecular complexity index is 925. The molecule has 4 rings (SSSR count). The van der Waals surface area contributed by atoms with Crippen molar-refractivity contribution in [3.05, 3.63) is 35.6 Å². The van der Waals surface area contributed by atoms with Crippen molar-refractivity contribution in [2.24, 2.45) is 7.05 Å². The summed E-state index contributed by atoms with van der Waals surface area (Å²) < 4.78 is 13.1. The van der Waals surface area contributed by atoms with Gasteiger partial charge >= 0.3 is 0 Å². The zero-order valence-electron chi connectivity index (χ0n) is 12.8. The van der Waals surface area contributed by atoms with E-state index in [-0.39, 0.29) is 0 Å². The van der Waals surface area contributed by atoms with Gasteiger partial charge in [-0.15, -0.1) is 0 Å². The molecule has 0 bridgehead atoms. The minimum Gasteiger partial charge on any atom is -0.496 e. The van der Waals surface area contributed by atoms with Crippen LogP contribution in [0.25, 0.3) is 22.2 Å². The molecule has 0 radical (unpaired) electrons. The van der Waals surface area contributed by atoms with Crippen molar-refractivity contribution in [3.63, 3.8) is 0 Å². The van der Waals surface area contributed by atoms with Crippen molar-refractivity contribution in [2.45, 2.75) is 0 Å². The first-order valence-corrected chi connectivity index (χ1v) is 8.51. The van der Waals surface area contributed by atoms with Gasteiger partial charge in [0.05, 0.1) is 30.2 Å². The molecule has 2 aromatic heterocycles. The van der Waals surface area contributed by atoms with Gasteiger partial charge in [0, 0.05) is 42.4 Å². The molecule has 0 saturated heterocycles. The van der Waals surface area contributed by atoms with Crippen LogP contribution in [0.3, 0.4) is 0 Å². The molecule has 23 heavy (non-hydrogen) atoms. The molecule has 0 amide bonds. The van der Waals surface area contributed by atoms with E-state index >= 15 is 0 Å². The summed E-state index contributed by atoms with van der Waals surface area (Å²) in [6, 6.07) is 8.03. The molecule has 0 saturated carbocycles. The van der Waals surface area contributed by atoms with Gasteiger partial charge in [-0.05, 0) is 18.2 Å². The maximum atomic E-state index is 6.00. The molecule has 0 spiro atoms. The van der Waals surface area contributed by atoms with Gasteiger partial charge in [-0.3, -0.25) is 0 Å². The summed E-state index contributed by atoms with van der Waals surface area (Å²) >= 11 is 7.31. The van der Waals surface area contributed by atoms with E-state index in [1.54, 1.807) is 18.4 Å². The van der Waals surface area contributed by atoms with E-state index in [9.17, 15) is 0 Å². The summed E-state index contributed by atoms with van der Waals surface area (Å²) in [6.45, 7) is 0. The average Bonchev–Trinajstić information content (AvgIpc) is 3.12.